The molecule has 1 unspecified atom stereocenters. The number of nitrogens with one attached hydrogen (secondary N) is 2. The zero-order valence-corrected chi connectivity index (χ0v) is 12.7. The third-order valence-electron chi connectivity index (χ3n) is 2.92. The van der Waals surface area contributed by atoms with Crippen LogP contribution in [-0.2, 0) is 22.5 Å². The van der Waals surface area contributed by atoms with E-state index in [0.29, 0.717) is 10.7 Å². The van der Waals surface area contributed by atoms with Gasteiger partial charge in [-0.05, 0) is 17.7 Å². The lowest BCUT2D eigenvalue weighted by molar-refractivity contribution is -0.117. The van der Waals surface area contributed by atoms with E-state index in [1.807, 2.05) is 0 Å². The number of phenolic OH excluding ortho intramolecular Hbond substituents is 1. The molecule has 0 radical (unpaired) electrons. The Bertz CT molecular complexity index is 715. The summed E-state index contributed by atoms with van der Waals surface area (Å²) in [5.41, 5.74) is 0.243. The van der Waals surface area contributed by atoms with E-state index in [1.54, 1.807) is 11.6 Å². The van der Waals surface area contributed by atoms with E-state index in [2.05, 4.69) is 15.0 Å². The van der Waals surface area contributed by atoms with E-state index in [4.69, 9.17) is 0 Å². The summed E-state index contributed by atoms with van der Waals surface area (Å²) in [6.07, 6.45) is 1.64. The summed E-state index contributed by atoms with van der Waals surface area (Å²) in [4.78, 5) is 15.2. The number of benzene rings is 1. The largest absolute Gasteiger partial charge is 0.506 e. The van der Waals surface area contributed by atoms with Crippen LogP contribution >= 0.6 is 11.3 Å². The second-order valence-corrected chi connectivity index (χ2v) is 6.48. The van der Waals surface area contributed by atoms with Gasteiger partial charge in [0, 0.05) is 18.1 Å². The third kappa shape index (κ3) is 2.88. The highest BCUT2D eigenvalue weighted by atomic mass is 32.2. The van der Waals surface area contributed by atoms with Crippen molar-refractivity contribution in [2.45, 2.75) is 6.54 Å². The minimum Gasteiger partial charge on any atom is -0.506 e. The highest BCUT2D eigenvalue weighted by Gasteiger charge is 2.31. The minimum atomic E-state index is -1.89. The highest BCUT2D eigenvalue weighted by molar-refractivity contribution is 7.85. The van der Waals surface area contributed by atoms with Crippen LogP contribution in [0.1, 0.15) is 5.56 Å². The summed E-state index contributed by atoms with van der Waals surface area (Å²) in [7, 11) is 0. The normalized spacial score (nSPS) is 17.6. The predicted molar refractivity (Wildman–Crippen MR) is 81.1 cm³/mol. The Morgan fingerprint density at radius 3 is 2.95 bits per heavy atom. The van der Waals surface area contributed by atoms with Gasteiger partial charge in [-0.1, -0.05) is 0 Å². The molecule has 10 heteroatoms. The number of aromatic hydroxyl groups is 1. The van der Waals surface area contributed by atoms with Crippen LogP contribution in [0.25, 0.3) is 0 Å². The first-order valence-corrected chi connectivity index (χ1v) is 8.17. The summed E-state index contributed by atoms with van der Waals surface area (Å²) in [6, 6.07) is 2.58. The summed E-state index contributed by atoms with van der Waals surface area (Å²) in [5, 5.41) is 15.5. The third-order valence-corrected chi connectivity index (χ3v) is 4.76. The maximum absolute atomic E-state index is 14.2. The molecule has 2 heterocycles. The molecule has 7 nitrogen and oxygen atoms in total. The molecule has 22 heavy (non-hydrogen) atoms. The first kappa shape index (κ1) is 14.7. The Hall–Kier alpha value is -2.20. The number of amides is 1. The average molecular weight is 342 g/mol. The quantitative estimate of drug-likeness (QED) is 0.774. The molecule has 0 saturated carbocycles. The summed E-state index contributed by atoms with van der Waals surface area (Å²) >= 11 is -0.485. The van der Waals surface area contributed by atoms with Gasteiger partial charge in [0.1, 0.15) is 18.0 Å². The van der Waals surface area contributed by atoms with Crippen molar-refractivity contribution < 1.29 is 18.5 Å². The zero-order chi connectivity index (χ0) is 15.7. The fraction of sp³-hybridized carbons (Fsp3) is 0.167. The Labute approximate surface area is 131 Å². The van der Waals surface area contributed by atoms with Crippen LogP contribution in [0, 0.1) is 5.82 Å². The maximum atomic E-state index is 14.2. The van der Waals surface area contributed by atoms with Crippen LogP contribution in [0.15, 0.2) is 23.7 Å². The molecule has 3 N–H and O–H groups in total. The molecule has 1 aromatic heterocycles. The molecule has 1 aliphatic rings. The summed E-state index contributed by atoms with van der Waals surface area (Å²) in [6.45, 7) is 0.00630. The molecular formula is C12H11FN4O3S2. The molecule has 1 fully saturated rings. The van der Waals surface area contributed by atoms with Gasteiger partial charge in [-0.3, -0.25) is 13.8 Å². The van der Waals surface area contributed by atoms with Crippen molar-refractivity contribution in [2.75, 3.05) is 16.2 Å². The molecule has 1 amide bonds. The van der Waals surface area contributed by atoms with Gasteiger partial charge < -0.3 is 10.4 Å². The monoisotopic (exact) mass is 342 g/mol. The number of carbonyl (C=O) groups is 1. The fourth-order valence-corrected chi connectivity index (χ4v) is 3.49. The van der Waals surface area contributed by atoms with Gasteiger partial charge in [0.25, 0.3) is 5.91 Å². The van der Waals surface area contributed by atoms with Crippen molar-refractivity contribution in [3.63, 3.8) is 0 Å². The van der Waals surface area contributed by atoms with Crippen molar-refractivity contribution in [1.82, 2.24) is 9.71 Å². The number of rotatable bonds is 4. The predicted octanol–water partition coefficient (Wildman–Crippen LogP) is 1.11. The number of hydrogen-bond donors (Lipinski definition) is 3. The van der Waals surface area contributed by atoms with E-state index in [0.717, 1.165) is 4.31 Å². The van der Waals surface area contributed by atoms with Crippen LogP contribution in [0.3, 0.4) is 0 Å². The number of nitrogens with zero attached hydrogens (tertiary/aromatic N) is 2. The molecular weight excluding hydrogens is 331 g/mol. The van der Waals surface area contributed by atoms with Crippen molar-refractivity contribution in [3.8, 4) is 5.75 Å². The minimum absolute atomic E-state index is 0.255. The van der Waals surface area contributed by atoms with Crippen molar-refractivity contribution >= 4 is 39.2 Å². The van der Waals surface area contributed by atoms with E-state index in [-0.39, 0.29) is 24.5 Å². The second kappa shape index (κ2) is 5.89. The van der Waals surface area contributed by atoms with Gasteiger partial charge in [0.2, 0.25) is 11.2 Å². The number of halogens is 1. The Kier molecular flexibility index (Phi) is 3.94. The number of carbonyl (C=O) groups excluding carboxylic acids is 1. The van der Waals surface area contributed by atoms with Crippen LogP contribution in [-0.4, -0.2) is 26.8 Å². The first-order chi connectivity index (χ1) is 10.5. The Balaban J connectivity index is 1.82. The van der Waals surface area contributed by atoms with Crippen LogP contribution in [0.4, 0.5) is 15.2 Å². The SMILES string of the molecule is O=C1CN(c2c(O)cc(CNc3nccs3)cc2F)S(=O)N1. The van der Waals surface area contributed by atoms with E-state index >= 15 is 0 Å². The van der Waals surface area contributed by atoms with Gasteiger partial charge >= 0.3 is 0 Å². The molecule has 2 aromatic rings. The van der Waals surface area contributed by atoms with Crippen molar-refractivity contribution in [1.29, 1.82) is 0 Å². The lowest BCUT2D eigenvalue weighted by Gasteiger charge is -2.17. The van der Waals surface area contributed by atoms with Crippen LogP contribution < -0.4 is 14.3 Å². The van der Waals surface area contributed by atoms with Gasteiger partial charge in [-0.25, -0.2) is 13.6 Å². The second-order valence-electron chi connectivity index (χ2n) is 4.45. The number of aromatic nitrogens is 1. The number of anilines is 2. The van der Waals surface area contributed by atoms with Crippen molar-refractivity contribution in [2.24, 2.45) is 0 Å². The summed E-state index contributed by atoms with van der Waals surface area (Å²) < 4.78 is 29.0. The van der Waals surface area contributed by atoms with E-state index < -0.39 is 22.9 Å². The lowest BCUT2D eigenvalue weighted by atomic mass is 10.1. The number of hydrogen-bond acceptors (Lipinski definition) is 6. The molecule has 1 aromatic carbocycles. The summed E-state index contributed by atoms with van der Waals surface area (Å²) in [5.74, 6) is -1.62. The van der Waals surface area contributed by atoms with E-state index in [9.17, 15) is 18.5 Å². The molecule has 116 valence electrons. The molecule has 0 bridgehead atoms. The zero-order valence-electron chi connectivity index (χ0n) is 11.1. The van der Waals surface area contributed by atoms with Gasteiger partial charge in [-0.2, -0.15) is 0 Å². The smallest absolute Gasteiger partial charge is 0.253 e. The fourth-order valence-electron chi connectivity index (χ4n) is 2.01. The average Bonchev–Trinajstić information content (AvgIpc) is 3.06. The molecule has 0 aliphatic carbocycles. The van der Waals surface area contributed by atoms with E-state index in [1.165, 1.54) is 23.5 Å². The van der Waals surface area contributed by atoms with Gasteiger partial charge in [0.15, 0.2) is 10.9 Å². The molecule has 1 atom stereocenters. The first-order valence-electron chi connectivity index (χ1n) is 6.18. The standard InChI is InChI=1S/C12H11FN4O3S2/c13-8-3-7(5-15-12-14-1-2-21-12)4-9(18)11(8)17-6-10(19)16-22(17)20/h1-4,18H,5-6H2,(H,14,15)(H,16,19). The number of phenols is 1. The molecule has 1 saturated heterocycles. The van der Waals surface area contributed by atoms with Crippen molar-refractivity contribution in [3.05, 3.63) is 35.1 Å². The molecule has 3 rings (SSSR count). The Morgan fingerprint density at radius 2 is 2.36 bits per heavy atom. The molecule has 1 aliphatic heterocycles. The molecule has 0 spiro atoms. The van der Waals surface area contributed by atoms with Gasteiger partial charge in [0.05, 0.1) is 0 Å². The lowest BCUT2D eigenvalue weighted by Crippen LogP contribution is -2.23. The van der Waals surface area contributed by atoms with Crippen LogP contribution in [0.2, 0.25) is 0 Å². The topological polar surface area (TPSA) is 94.6 Å². The highest BCUT2D eigenvalue weighted by Crippen LogP contribution is 2.33. The maximum Gasteiger partial charge on any atom is 0.253 e. The number of thiazole rings is 1. The van der Waals surface area contributed by atoms with Gasteiger partial charge in [-0.15, -0.1) is 11.3 Å². The van der Waals surface area contributed by atoms with Crippen LogP contribution in [0.5, 0.6) is 5.75 Å². The Morgan fingerprint density at radius 1 is 1.55 bits per heavy atom.